The normalized spacial score (nSPS) is 14.4. The summed E-state index contributed by atoms with van der Waals surface area (Å²) in [4.78, 5) is 39.8. The summed E-state index contributed by atoms with van der Waals surface area (Å²) in [6.45, 7) is 6.65. The molecule has 0 aliphatic carbocycles. The minimum atomic E-state index is -4.72. The number of esters is 1. The zero-order valence-electron chi connectivity index (χ0n) is 46.7. The summed E-state index contributed by atoms with van der Waals surface area (Å²) in [6, 6.07) is -0.932. The molecule has 0 heterocycles. The van der Waals surface area contributed by atoms with Crippen LogP contribution in [0.25, 0.3) is 0 Å². The molecule has 0 fully saturated rings. The summed E-state index contributed by atoms with van der Waals surface area (Å²) in [6.07, 6.45) is 65.7. The van der Waals surface area contributed by atoms with Gasteiger partial charge in [-0.2, -0.15) is 0 Å². The number of phosphoric ester groups is 1. The Morgan fingerprint density at radius 3 is 1.38 bits per heavy atom. The molecule has 0 aromatic carbocycles. The highest BCUT2D eigenvalue weighted by molar-refractivity contribution is 7.45. The van der Waals surface area contributed by atoms with Crippen LogP contribution in [-0.4, -0.2) is 69.4 Å². The zero-order chi connectivity index (χ0) is 52.2. The van der Waals surface area contributed by atoms with E-state index in [0.29, 0.717) is 23.9 Å². The smallest absolute Gasteiger partial charge is 0.306 e. The van der Waals surface area contributed by atoms with Crippen molar-refractivity contribution in [2.24, 2.45) is 0 Å². The summed E-state index contributed by atoms with van der Waals surface area (Å²) in [5.74, 6) is -0.645. The van der Waals surface area contributed by atoms with Gasteiger partial charge in [0.1, 0.15) is 19.3 Å². The van der Waals surface area contributed by atoms with E-state index in [4.69, 9.17) is 13.8 Å². The number of unbranched alkanes of at least 4 members (excludes halogenated alkanes) is 23. The van der Waals surface area contributed by atoms with E-state index in [2.05, 4.69) is 86.8 Å². The van der Waals surface area contributed by atoms with Gasteiger partial charge in [0.25, 0.3) is 7.82 Å². The van der Waals surface area contributed by atoms with Crippen LogP contribution in [0.5, 0.6) is 0 Å². The number of phosphoric acid groups is 1. The SMILES string of the molecule is CC/C=C/C/C=C/C/C=C/C/C=C/C/C=C/CCC(=O)NC(COP(=O)([O-])OCC[N+](C)(C)C)C(/C=C/CCCCCCCCCCCC)OC(=O)CCCCCCCCC/C=C/CCCCCCCC. The average molecular weight is 1010 g/mol. The van der Waals surface area contributed by atoms with E-state index in [9.17, 15) is 19.0 Å². The fourth-order valence-corrected chi connectivity index (χ4v) is 8.58. The average Bonchev–Trinajstić information content (AvgIpc) is 3.33. The molecule has 0 bridgehead atoms. The number of amides is 1. The van der Waals surface area contributed by atoms with Crippen LogP contribution in [0, 0.1) is 0 Å². The number of ether oxygens (including phenoxy) is 1. The van der Waals surface area contributed by atoms with Crippen molar-refractivity contribution in [1.29, 1.82) is 0 Å². The molecule has 410 valence electrons. The summed E-state index contributed by atoms with van der Waals surface area (Å²) in [7, 11) is 1.13. The molecule has 10 heteroatoms. The van der Waals surface area contributed by atoms with Gasteiger partial charge in [0.05, 0.1) is 33.8 Å². The Morgan fingerprint density at radius 2 is 0.915 bits per heavy atom. The highest BCUT2D eigenvalue weighted by Crippen LogP contribution is 2.38. The van der Waals surface area contributed by atoms with Crippen LogP contribution in [0.1, 0.15) is 239 Å². The molecule has 0 aromatic heterocycles. The first-order valence-corrected chi connectivity index (χ1v) is 30.4. The second kappa shape index (κ2) is 50.7. The number of quaternary nitrogens is 1. The molecule has 0 saturated carbocycles. The quantitative estimate of drug-likeness (QED) is 0.0212. The molecule has 3 unspecified atom stereocenters. The fourth-order valence-electron chi connectivity index (χ4n) is 7.86. The van der Waals surface area contributed by atoms with E-state index in [-0.39, 0.29) is 31.3 Å². The molecule has 3 atom stereocenters. The number of hydrogen-bond acceptors (Lipinski definition) is 7. The van der Waals surface area contributed by atoms with Gasteiger partial charge in [-0.1, -0.05) is 222 Å². The molecule has 0 spiro atoms. The monoisotopic (exact) mass is 1010 g/mol. The number of likely N-dealkylation sites (N-methyl/N-ethyl adjacent to an activating group) is 1. The number of nitrogens with one attached hydrogen (secondary N) is 1. The molecule has 9 nitrogen and oxygen atoms in total. The molecule has 0 radical (unpaired) electrons. The van der Waals surface area contributed by atoms with Gasteiger partial charge >= 0.3 is 5.97 Å². The van der Waals surface area contributed by atoms with Gasteiger partial charge in [0.2, 0.25) is 5.91 Å². The van der Waals surface area contributed by atoms with E-state index < -0.39 is 26.6 Å². The third-order valence-electron chi connectivity index (χ3n) is 12.3. The Balaban J connectivity index is 5.45. The minimum absolute atomic E-state index is 0.0393. The minimum Gasteiger partial charge on any atom is -0.756 e. The largest absolute Gasteiger partial charge is 0.756 e. The fraction of sp³-hybridized carbons (Fsp3) is 0.738. The van der Waals surface area contributed by atoms with Crippen molar-refractivity contribution >= 4 is 19.7 Å². The molecule has 0 aliphatic rings. The lowest BCUT2D eigenvalue weighted by atomic mass is 10.1. The second-order valence-corrected chi connectivity index (χ2v) is 21.8. The predicted molar refractivity (Wildman–Crippen MR) is 302 cm³/mol. The highest BCUT2D eigenvalue weighted by atomic mass is 31.2. The molecule has 0 saturated heterocycles. The third-order valence-corrected chi connectivity index (χ3v) is 13.3. The van der Waals surface area contributed by atoms with Crippen molar-refractivity contribution in [3.63, 3.8) is 0 Å². The number of carbonyl (C=O) groups is 2. The molecule has 0 rings (SSSR count). The Kier molecular flexibility index (Phi) is 48.7. The van der Waals surface area contributed by atoms with Gasteiger partial charge < -0.3 is 28.5 Å². The summed E-state index contributed by atoms with van der Waals surface area (Å²) >= 11 is 0. The topological polar surface area (TPSA) is 114 Å². The Morgan fingerprint density at radius 1 is 0.507 bits per heavy atom. The Hall–Kier alpha value is -2.81. The van der Waals surface area contributed by atoms with E-state index >= 15 is 0 Å². The summed E-state index contributed by atoms with van der Waals surface area (Å²) in [5.41, 5.74) is 0. The van der Waals surface area contributed by atoms with E-state index in [1.54, 1.807) is 0 Å². The lowest BCUT2D eigenvalue weighted by molar-refractivity contribution is -0.870. The van der Waals surface area contributed by atoms with E-state index in [1.807, 2.05) is 45.4 Å². The van der Waals surface area contributed by atoms with Crippen LogP contribution >= 0.6 is 7.82 Å². The number of rotatable bonds is 51. The third kappa shape index (κ3) is 51.9. The zero-order valence-corrected chi connectivity index (χ0v) is 47.5. The molecular weight excluding hydrogens is 904 g/mol. The predicted octanol–water partition coefficient (Wildman–Crippen LogP) is 16.8. The maximum absolute atomic E-state index is 13.4. The second-order valence-electron chi connectivity index (χ2n) is 20.4. The number of allylic oxidation sites excluding steroid dienone is 13. The van der Waals surface area contributed by atoms with E-state index in [1.165, 1.54) is 116 Å². The van der Waals surface area contributed by atoms with Crippen molar-refractivity contribution < 1.29 is 37.3 Å². The Bertz CT molecular complexity index is 1490. The van der Waals surface area contributed by atoms with Crippen LogP contribution in [-0.2, 0) is 27.9 Å². The van der Waals surface area contributed by atoms with Crippen LogP contribution in [0.15, 0.2) is 85.1 Å². The van der Waals surface area contributed by atoms with Crippen LogP contribution in [0.4, 0.5) is 0 Å². The number of hydrogen-bond donors (Lipinski definition) is 1. The number of nitrogens with zero attached hydrogens (tertiary/aromatic N) is 1. The number of carbonyl (C=O) groups excluding carboxylic acids is 2. The van der Waals surface area contributed by atoms with Gasteiger partial charge in [-0.25, -0.2) is 0 Å². The lowest BCUT2D eigenvalue weighted by Gasteiger charge is -2.30. The standard InChI is InChI=1S/C61H109N2O7P/c1-7-10-13-16-19-22-25-28-30-32-34-36-39-42-45-48-51-54-61(65)70-59(52-49-46-43-40-37-27-24-21-18-15-12-9-3)58(57-69-71(66,67)68-56-55-63(4,5)6)62-60(64)53-50-47-44-41-38-35-33-31-29-26-23-20-17-14-11-8-2/h11,14,20,23,28-31,35,38,44,47,49,52,58-59H,7-10,12-13,15-19,21-22,24-27,32-34,36-37,39-43,45-46,48,50-51,53-57H2,1-6H3,(H-,62,64,66,67)/b14-11+,23-20+,30-28+,31-29+,38-35+,47-44+,52-49+. The van der Waals surface area contributed by atoms with Crippen molar-refractivity contribution in [1.82, 2.24) is 5.32 Å². The maximum atomic E-state index is 13.4. The maximum Gasteiger partial charge on any atom is 0.306 e. The van der Waals surface area contributed by atoms with Gasteiger partial charge in [-0.3, -0.25) is 14.2 Å². The van der Waals surface area contributed by atoms with Gasteiger partial charge in [-0.05, 0) is 89.5 Å². The molecule has 71 heavy (non-hydrogen) atoms. The van der Waals surface area contributed by atoms with Crippen molar-refractivity contribution in [3.8, 4) is 0 Å². The van der Waals surface area contributed by atoms with Crippen LogP contribution in [0.3, 0.4) is 0 Å². The summed E-state index contributed by atoms with van der Waals surface area (Å²) < 4.78 is 30.2. The first-order valence-electron chi connectivity index (χ1n) is 28.9. The van der Waals surface area contributed by atoms with Gasteiger partial charge in [0, 0.05) is 12.8 Å². The van der Waals surface area contributed by atoms with Gasteiger partial charge in [-0.15, -0.1) is 0 Å². The summed E-state index contributed by atoms with van der Waals surface area (Å²) in [5, 5.41) is 2.97. The van der Waals surface area contributed by atoms with Gasteiger partial charge in [0.15, 0.2) is 0 Å². The van der Waals surface area contributed by atoms with Crippen molar-refractivity contribution in [3.05, 3.63) is 85.1 Å². The molecule has 1 N–H and O–H groups in total. The molecular formula is C61H109N2O7P. The van der Waals surface area contributed by atoms with E-state index in [0.717, 1.165) is 77.0 Å². The van der Waals surface area contributed by atoms with Crippen LogP contribution in [0.2, 0.25) is 0 Å². The first-order chi connectivity index (χ1) is 34.4. The van der Waals surface area contributed by atoms with Crippen molar-refractivity contribution in [2.45, 2.75) is 251 Å². The molecule has 0 aliphatic heterocycles. The molecule has 1 amide bonds. The van der Waals surface area contributed by atoms with Crippen molar-refractivity contribution in [2.75, 3.05) is 40.9 Å². The van der Waals surface area contributed by atoms with Crippen LogP contribution < -0.4 is 10.2 Å². The first kappa shape index (κ1) is 68.2. The molecule has 0 aromatic rings. The lowest BCUT2D eigenvalue weighted by Crippen LogP contribution is -2.47. The Labute approximate surface area is 437 Å². The highest BCUT2D eigenvalue weighted by Gasteiger charge is 2.27.